The van der Waals surface area contributed by atoms with Crippen molar-refractivity contribution < 1.29 is 9.63 Å². The number of carbonyl (C=O) groups is 1. The summed E-state index contributed by atoms with van der Waals surface area (Å²) in [6, 6.07) is 0. The molecule has 0 aliphatic carbocycles. The van der Waals surface area contributed by atoms with E-state index in [2.05, 4.69) is 21.4 Å². The maximum Gasteiger partial charge on any atom is 0.254 e. The van der Waals surface area contributed by atoms with Crippen LogP contribution in [0.1, 0.15) is 20.8 Å². The molecule has 0 aliphatic rings. The van der Waals surface area contributed by atoms with Gasteiger partial charge in [-0.2, -0.15) is 0 Å². The van der Waals surface area contributed by atoms with Crippen LogP contribution in [-0.2, 0) is 9.63 Å². The van der Waals surface area contributed by atoms with Crippen LogP contribution in [0.15, 0.2) is 0 Å². The van der Waals surface area contributed by atoms with Crippen molar-refractivity contribution in [2.24, 2.45) is 0 Å². The molecule has 0 saturated heterocycles. The van der Waals surface area contributed by atoms with Gasteiger partial charge in [-0.15, -0.1) is 0 Å². The Morgan fingerprint density at radius 1 is 1.60 bits per heavy atom. The van der Waals surface area contributed by atoms with E-state index in [1.165, 1.54) is 0 Å². The second-order valence-corrected chi connectivity index (χ2v) is 3.43. The van der Waals surface area contributed by atoms with Crippen molar-refractivity contribution in [3.63, 3.8) is 0 Å². The monoisotopic (exact) mass is 209 g/mol. The van der Waals surface area contributed by atoms with Gasteiger partial charge in [0.25, 0.3) is 5.91 Å². The highest BCUT2D eigenvalue weighted by molar-refractivity contribution is 9.09. The Morgan fingerprint density at radius 3 is 2.40 bits per heavy atom. The Bertz CT molecular complexity index is 119. The van der Waals surface area contributed by atoms with Gasteiger partial charge in [0.05, 0.1) is 10.9 Å². The van der Waals surface area contributed by atoms with E-state index in [1.807, 2.05) is 20.8 Å². The minimum atomic E-state index is -0.322. The van der Waals surface area contributed by atoms with Gasteiger partial charge in [-0.05, 0) is 20.8 Å². The van der Waals surface area contributed by atoms with E-state index in [1.54, 1.807) is 0 Å². The number of carbonyl (C=O) groups excluding carboxylic acids is 1. The highest BCUT2D eigenvalue weighted by Gasteiger charge is 2.11. The Morgan fingerprint density at radius 2 is 2.10 bits per heavy atom. The molecule has 0 atom stereocenters. The van der Waals surface area contributed by atoms with Crippen molar-refractivity contribution in [3.05, 3.63) is 0 Å². The Labute approximate surface area is 69.2 Å². The Kier molecular flexibility index (Phi) is 3.89. The molecule has 0 unspecified atom stereocenters. The maximum atomic E-state index is 10.6. The molecule has 0 bridgehead atoms. The summed E-state index contributed by atoms with van der Waals surface area (Å²) < 4.78 is 0. The van der Waals surface area contributed by atoms with Crippen LogP contribution < -0.4 is 5.48 Å². The zero-order valence-corrected chi connectivity index (χ0v) is 7.99. The van der Waals surface area contributed by atoms with Crippen molar-refractivity contribution in [1.82, 2.24) is 5.48 Å². The van der Waals surface area contributed by atoms with Gasteiger partial charge >= 0.3 is 0 Å². The molecule has 0 rings (SSSR count). The third-order valence-corrected chi connectivity index (χ3v) is 1.10. The van der Waals surface area contributed by atoms with Gasteiger partial charge in [-0.25, -0.2) is 5.48 Å². The number of nitrogens with one attached hydrogen (secondary N) is 1. The smallest absolute Gasteiger partial charge is 0.254 e. The molecule has 10 heavy (non-hydrogen) atoms. The second-order valence-electron chi connectivity index (χ2n) is 2.87. The SMILES string of the molecule is CC(C)(C)ONC(=O)CBr. The lowest BCUT2D eigenvalue weighted by Crippen LogP contribution is -2.34. The Hall–Kier alpha value is -0.0900. The normalized spacial score (nSPS) is 11.2. The molecule has 0 aromatic heterocycles. The van der Waals surface area contributed by atoms with Gasteiger partial charge in [0.1, 0.15) is 0 Å². The predicted molar refractivity (Wildman–Crippen MR) is 42.8 cm³/mol. The van der Waals surface area contributed by atoms with Crippen LogP contribution >= 0.6 is 15.9 Å². The fourth-order valence-electron chi connectivity index (χ4n) is 0.237. The van der Waals surface area contributed by atoms with Gasteiger partial charge in [0, 0.05) is 0 Å². The van der Waals surface area contributed by atoms with Crippen molar-refractivity contribution >= 4 is 21.8 Å². The summed E-state index contributed by atoms with van der Waals surface area (Å²) in [6.45, 7) is 5.59. The van der Waals surface area contributed by atoms with Gasteiger partial charge in [-0.1, -0.05) is 15.9 Å². The van der Waals surface area contributed by atoms with Gasteiger partial charge in [0.15, 0.2) is 0 Å². The van der Waals surface area contributed by atoms with Crippen molar-refractivity contribution in [2.45, 2.75) is 26.4 Å². The zero-order chi connectivity index (χ0) is 8.20. The molecule has 0 fully saturated rings. The largest absolute Gasteiger partial charge is 0.272 e. The maximum absolute atomic E-state index is 10.6. The average molecular weight is 210 g/mol. The first-order valence-electron chi connectivity index (χ1n) is 2.98. The van der Waals surface area contributed by atoms with Crippen LogP contribution in [0.25, 0.3) is 0 Å². The number of rotatable bonds is 2. The van der Waals surface area contributed by atoms with Crippen molar-refractivity contribution in [2.75, 3.05) is 5.33 Å². The van der Waals surface area contributed by atoms with E-state index in [0.717, 1.165) is 0 Å². The lowest BCUT2D eigenvalue weighted by molar-refractivity contribution is -0.142. The predicted octanol–water partition coefficient (Wildman–Crippen LogP) is 1.23. The molecular formula is C6H12BrNO2. The topological polar surface area (TPSA) is 38.3 Å². The number of hydrogen-bond donors (Lipinski definition) is 1. The Balaban J connectivity index is 3.46. The van der Waals surface area contributed by atoms with Crippen LogP contribution in [0.4, 0.5) is 0 Å². The molecular weight excluding hydrogens is 198 g/mol. The number of hydrogen-bond acceptors (Lipinski definition) is 2. The van der Waals surface area contributed by atoms with E-state index >= 15 is 0 Å². The van der Waals surface area contributed by atoms with Crippen molar-refractivity contribution in [1.29, 1.82) is 0 Å². The lowest BCUT2D eigenvalue weighted by Gasteiger charge is -2.18. The number of hydroxylamine groups is 1. The third kappa shape index (κ3) is 6.04. The first kappa shape index (κ1) is 9.91. The lowest BCUT2D eigenvalue weighted by atomic mass is 10.2. The first-order chi connectivity index (χ1) is 4.45. The third-order valence-electron chi connectivity index (χ3n) is 0.592. The standard InChI is InChI=1S/C6H12BrNO2/c1-6(2,3)10-8-5(9)4-7/h4H2,1-3H3,(H,8,9). The van der Waals surface area contributed by atoms with E-state index < -0.39 is 0 Å². The molecule has 3 nitrogen and oxygen atoms in total. The number of alkyl halides is 1. The number of amides is 1. The molecule has 4 heteroatoms. The summed E-state index contributed by atoms with van der Waals surface area (Å²) in [5.74, 6) is -0.171. The summed E-state index contributed by atoms with van der Waals surface area (Å²) in [7, 11) is 0. The van der Waals surface area contributed by atoms with E-state index in [9.17, 15) is 4.79 Å². The van der Waals surface area contributed by atoms with E-state index in [0.29, 0.717) is 0 Å². The van der Waals surface area contributed by atoms with Crippen LogP contribution in [0.2, 0.25) is 0 Å². The molecule has 60 valence electrons. The molecule has 0 radical (unpaired) electrons. The minimum absolute atomic E-state index is 0.171. The van der Waals surface area contributed by atoms with Crippen LogP contribution in [0.3, 0.4) is 0 Å². The molecule has 0 aromatic rings. The molecule has 1 amide bonds. The molecule has 0 heterocycles. The van der Waals surface area contributed by atoms with Gasteiger partial charge in [-0.3, -0.25) is 9.63 Å². The average Bonchev–Trinajstić information content (AvgIpc) is 1.81. The second kappa shape index (κ2) is 3.93. The zero-order valence-electron chi connectivity index (χ0n) is 6.40. The molecule has 1 N–H and O–H groups in total. The van der Waals surface area contributed by atoms with E-state index in [-0.39, 0.29) is 16.8 Å². The molecule has 0 saturated carbocycles. The highest BCUT2D eigenvalue weighted by atomic mass is 79.9. The van der Waals surface area contributed by atoms with Gasteiger partial charge in [0.2, 0.25) is 0 Å². The fraction of sp³-hybridized carbons (Fsp3) is 0.833. The summed E-state index contributed by atoms with van der Waals surface area (Å²) in [4.78, 5) is 15.5. The summed E-state index contributed by atoms with van der Waals surface area (Å²) >= 11 is 2.99. The highest BCUT2D eigenvalue weighted by Crippen LogP contribution is 2.03. The fourth-order valence-corrected chi connectivity index (χ4v) is 0.352. The summed E-state index contributed by atoms with van der Waals surface area (Å²) in [6.07, 6.45) is 0. The van der Waals surface area contributed by atoms with Crippen LogP contribution in [0.5, 0.6) is 0 Å². The minimum Gasteiger partial charge on any atom is -0.272 e. The quantitative estimate of drug-likeness (QED) is 0.549. The van der Waals surface area contributed by atoms with Gasteiger partial charge < -0.3 is 0 Å². The van der Waals surface area contributed by atoms with Crippen LogP contribution in [-0.4, -0.2) is 16.8 Å². The molecule has 0 aliphatic heterocycles. The summed E-state index contributed by atoms with van der Waals surface area (Å²) in [5.41, 5.74) is 1.96. The summed E-state index contributed by atoms with van der Waals surface area (Å²) in [5, 5.41) is 0.267. The first-order valence-corrected chi connectivity index (χ1v) is 4.10. The number of halogens is 1. The molecule has 0 spiro atoms. The van der Waals surface area contributed by atoms with Crippen LogP contribution in [0, 0.1) is 0 Å². The molecule has 0 aromatic carbocycles. The van der Waals surface area contributed by atoms with E-state index in [4.69, 9.17) is 4.84 Å². The van der Waals surface area contributed by atoms with Crippen molar-refractivity contribution in [3.8, 4) is 0 Å².